The lowest BCUT2D eigenvalue weighted by Crippen LogP contribution is -2.40. The highest BCUT2D eigenvalue weighted by Crippen LogP contribution is 2.39. The van der Waals surface area contributed by atoms with Crippen molar-refractivity contribution in [3.8, 4) is 17.2 Å². The Morgan fingerprint density at radius 2 is 1.28 bits per heavy atom. The van der Waals surface area contributed by atoms with Crippen LogP contribution in [0.4, 0.5) is 0 Å². The van der Waals surface area contributed by atoms with Crippen LogP contribution in [0.25, 0.3) is 16.8 Å². The van der Waals surface area contributed by atoms with E-state index in [9.17, 15) is 0 Å². The first-order valence-corrected chi connectivity index (χ1v) is 10.8. The Kier molecular flexibility index (Phi) is 5.32. The van der Waals surface area contributed by atoms with Gasteiger partial charge in [0.1, 0.15) is 22.8 Å². The minimum Gasteiger partial charge on any atom is -0.497 e. The summed E-state index contributed by atoms with van der Waals surface area (Å²) in [6, 6.07) is 29.1. The average Bonchev–Trinajstić information content (AvgIpc) is 2.84. The quantitative estimate of drug-likeness (QED) is 0.356. The standard InChI is InChI=1S/C29H26O3/c1-30-24-12-7-21(8-13-24)19-29(20-22-9-14-25(31-2)15-10-22)18-17-27-26-6-4-3-5-23(26)11-16-28(27)32-29/h3-18H,19-20H2,1-2H3. The van der Waals surface area contributed by atoms with Gasteiger partial charge in [-0.05, 0) is 58.3 Å². The summed E-state index contributed by atoms with van der Waals surface area (Å²) in [5.74, 6) is 2.64. The summed E-state index contributed by atoms with van der Waals surface area (Å²) in [5.41, 5.74) is 3.06. The van der Waals surface area contributed by atoms with Crippen molar-refractivity contribution in [1.82, 2.24) is 0 Å². The van der Waals surface area contributed by atoms with Gasteiger partial charge < -0.3 is 14.2 Å². The normalized spacial score (nSPS) is 13.9. The Balaban J connectivity index is 1.53. The van der Waals surface area contributed by atoms with Crippen molar-refractivity contribution in [2.75, 3.05) is 14.2 Å². The van der Waals surface area contributed by atoms with Crippen LogP contribution in [0.1, 0.15) is 16.7 Å². The molecule has 0 saturated carbocycles. The van der Waals surface area contributed by atoms with Crippen molar-refractivity contribution in [3.63, 3.8) is 0 Å². The lowest BCUT2D eigenvalue weighted by atomic mass is 9.84. The second-order valence-corrected chi connectivity index (χ2v) is 8.25. The molecule has 3 nitrogen and oxygen atoms in total. The molecule has 0 spiro atoms. The number of ether oxygens (including phenoxy) is 3. The topological polar surface area (TPSA) is 27.7 Å². The van der Waals surface area contributed by atoms with Crippen molar-refractivity contribution >= 4 is 16.8 Å². The highest BCUT2D eigenvalue weighted by atomic mass is 16.5. The van der Waals surface area contributed by atoms with E-state index in [0.29, 0.717) is 0 Å². The Bertz CT molecular complexity index is 1200. The number of hydrogen-bond donors (Lipinski definition) is 0. The highest BCUT2D eigenvalue weighted by molar-refractivity contribution is 5.93. The van der Waals surface area contributed by atoms with E-state index in [1.807, 2.05) is 24.3 Å². The molecule has 160 valence electrons. The third-order valence-electron chi connectivity index (χ3n) is 6.12. The minimum absolute atomic E-state index is 0.487. The monoisotopic (exact) mass is 422 g/mol. The maximum absolute atomic E-state index is 6.80. The predicted octanol–water partition coefficient (Wildman–Crippen LogP) is 6.49. The third-order valence-corrected chi connectivity index (χ3v) is 6.12. The first-order valence-electron chi connectivity index (χ1n) is 10.8. The van der Waals surface area contributed by atoms with Gasteiger partial charge in [-0.25, -0.2) is 0 Å². The molecule has 1 aliphatic rings. The van der Waals surface area contributed by atoms with Gasteiger partial charge in [0.15, 0.2) is 0 Å². The largest absolute Gasteiger partial charge is 0.497 e. The van der Waals surface area contributed by atoms with Gasteiger partial charge in [0.2, 0.25) is 0 Å². The van der Waals surface area contributed by atoms with Crippen LogP contribution in [-0.4, -0.2) is 19.8 Å². The van der Waals surface area contributed by atoms with Crippen LogP contribution in [0.15, 0.2) is 91.0 Å². The molecule has 4 aromatic carbocycles. The second-order valence-electron chi connectivity index (χ2n) is 8.25. The van der Waals surface area contributed by atoms with Crippen molar-refractivity contribution in [1.29, 1.82) is 0 Å². The van der Waals surface area contributed by atoms with E-state index in [1.165, 1.54) is 21.9 Å². The van der Waals surface area contributed by atoms with Crippen molar-refractivity contribution < 1.29 is 14.2 Å². The zero-order valence-corrected chi connectivity index (χ0v) is 18.4. The molecule has 0 unspecified atom stereocenters. The lowest BCUT2D eigenvalue weighted by molar-refractivity contribution is 0.118. The molecule has 0 saturated heterocycles. The summed E-state index contributed by atoms with van der Waals surface area (Å²) in [4.78, 5) is 0. The molecule has 3 heteroatoms. The molecule has 0 atom stereocenters. The summed E-state index contributed by atoms with van der Waals surface area (Å²) in [6.45, 7) is 0. The smallest absolute Gasteiger partial charge is 0.135 e. The number of methoxy groups -OCH3 is 2. The third kappa shape index (κ3) is 3.94. The zero-order chi connectivity index (χ0) is 22.0. The first kappa shape index (κ1) is 20.2. The first-order chi connectivity index (χ1) is 15.7. The predicted molar refractivity (Wildman–Crippen MR) is 130 cm³/mol. The molecule has 0 bridgehead atoms. The fourth-order valence-corrected chi connectivity index (χ4v) is 4.46. The fourth-order valence-electron chi connectivity index (χ4n) is 4.46. The molecule has 4 aromatic rings. The van der Waals surface area contributed by atoms with Crippen molar-refractivity contribution in [2.45, 2.75) is 18.4 Å². The van der Waals surface area contributed by atoms with E-state index in [4.69, 9.17) is 14.2 Å². The van der Waals surface area contributed by atoms with Crippen LogP contribution in [0.2, 0.25) is 0 Å². The molecule has 0 N–H and O–H groups in total. The van der Waals surface area contributed by atoms with Gasteiger partial charge in [-0.1, -0.05) is 60.7 Å². The SMILES string of the molecule is COc1ccc(CC2(Cc3ccc(OC)cc3)C=Cc3c(ccc4ccccc34)O2)cc1. The maximum Gasteiger partial charge on any atom is 0.135 e. The summed E-state index contributed by atoms with van der Waals surface area (Å²) < 4.78 is 17.5. The molecule has 32 heavy (non-hydrogen) atoms. The molecular weight excluding hydrogens is 396 g/mol. The molecule has 0 amide bonds. The Labute approximate surface area is 188 Å². The lowest BCUT2D eigenvalue weighted by Gasteiger charge is -2.36. The van der Waals surface area contributed by atoms with Gasteiger partial charge in [-0.2, -0.15) is 0 Å². The molecule has 1 heterocycles. The molecule has 0 radical (unpaired) electrons. The second kappa shape index (κ2) is 8.43. The van der Waals surface area contributed by atoms with Crippen molar-refractivity contribution in [3.05, 3.63) is 108 Å². The van der Waals surface area contributed by atoms with E-state index in [2.05, 4.69) is 72.8 Å². The van der Waals surface area contributed by atoms with Crippen LogP contribution in [0, 0.1) is 0 Å². The van der Waals surface area contributed by atoms with Gasteiger partial charge >= 0.3 is 0 Å². The summed E-state index contributed by atoms with van der Waals surface area (Å²) >= 11 is 0. The van der Waals surface area contributed by atoms with Gasteiger partial charge in [0.25, 0.3) is 0 Å². The van der Waals surface area contributed by atoms with E-state index in [1.54, 1.807) is 14.2 Å². The average molecular weight is 423 g/mol. The number of benzene rings is 4. The Morgan fingerprint density at radius 1 is 0.688 bits per heavy atom. The van der Waals surface area contributed by atoms with Crippen LogP contribution >= 0.6 is 0 Å². The van der Waals surface area contributed by atoms with E-state index >= 15 is 0 Å². The summed E-state index contributed by atoms with van der Waals surface area (Å²) in [5, 5.41) is 2.43. The number of rotatable bonds is 6. The Morgan fingerprint density at radius 3 is 1.88 bits per heavy atom. The molecule has 0 aromatic heterocycles. The van der Waals surface area contributed by atoms with E-state index < -0.39 is 5.60 Å². The Hall–Kier alpha value is -3.72. The van der Waals surface area contributed by atoms with Gasteiger partial charge in [0, 0.05) is 18.4 Å². The minimum atomic E-state index is -0.487. The van der Waals surface area contributed by atoms with Crippen molar-refractivity contribution in [2.24, 2.45) is 0 Å². The van der Waals surface area contributed by atoms with Crippen LogP contribution in [-0.2, 0) is 12.8 Å². The highest BCUT2D eigenvalue weighted by Gasteiger charge is 2.34. The summed E-state index contributed by atoms with van der Waals surface area (Å²) in [7, 11) is 3.38. The van der Waals surface area contributed by atoms with E-state index in [-0.39, 0.29) is 0 Å². The maximum atomic E-state index is 6.80. The molecule has 0 aliphatic carbocycles. The zero-order valence-electron chi connectivity index (χ0n) is 18.4. The number of fused-ring (bicyclic) bond motifs is 3. The van der Waals surface area contributed by atoms with E-state index in [0.717, 1.165) is 35.7 Å². The molecular formula is C29H26O3. The number of hydrogen-bond acceptors (Lipinski definition) is 3. The van der Waals surface area contributed by atoms with Gasteiger partial charge in [0.05, 0.1) is 14.2 Å². The van der Waals surface area contributed by atoms with Crippen LogP contribution in [0.5, 0.6) is 17.2 Å². The molecule has 0 fully saturated rings. The molecule has 5 rings (SSSR count). The fraction of sp³-hybridized carbons (Fsp3) is 0.172. The summed E-state index contributed by atoms with van der Waals surface area (Å²) in [6.07, 6.45) is 5.97. The van der Waals surface area contributed by atoms with Gasteiger partial charge in [-0.3, -0.25) is 0 Å². The van der Waals surface area contributed by atoms with Crippen LogP contribution in [0.3, 0.4) is 0 Å². The van der Waals surface area contributed by atoms with Crippen LogP contribution < -0.4 is 14.2 Å². The molecule has 1 aliphatic heterocycles. The van der Waals surface area contributed by atoms with Gasteiger partial charge in [-0.15, -0.1) is 0 Å².